The van der Waals surface area contributed by atoms with Gasteiger partial charge in [-0.25, -0.2) is 4.98 Å². The molecule has 29 heavy (non-hydrogen) atoms. The molecule has 8 nitrogen and oxygen atoms in total. The summed E-state index contributed by atoms with van der Waals surface area (Å²) in [6.45, 7) is 0.500. The quantitative estimate of drug-likeness (QED) is 0.431. The molecule has 0 aliphatic rings. The van der Waals surface area contributed by atoms with Gasteiger partial charge in [-0.2, -0.15) is 0 Å². The Morgan fingerprint density at radius 2 is 2.00 bits per heavy atom. The first-order valence-electron chi connectivity index (χ1n) is 9.02. The highest BCUT2D eigenvalue weighted by Gasteiger charge is 2.11. The summed E-state index contributed by atoms with van der Waals surface area (Å²) in [6.07, 6.45) is 0.632. The number of carbonyl (C=O) groups excluding carboxylic acids is 1. The van der Waals surface area contributed by atoms with Crippen LogP contribution < -0.4 is 10.1 Å². The second-order valence-corrected chi connectivity index (χ2v) is 7.12. The van der Waals surface area contributed by atoms with Crippen molar-refractivity contribution in [3.8, 4) is 17.2 Å². The number of para-hydroxylation sites is 2. The van der Waals surface area contributed by atoms with Gasteiger partial charge in [-0.15, -0.1) is 10.2 Å². The van der Waals surface area contributed by atoms with E-state index >= 15 is 0 Å². The van der Waals surface area contributed by atoms with Gasteiger partial charge in [0.15, 0.2) is 0 Å². The molecule has 0 spiro atoms. The summed E-state index contributed by atoms with van der Waals surface area (Å²) < 4.78 is 10.7. The predicted octanol–water partition coefficient (Wildman–Crippen LogP) is 3.07. The highest BCUT2D eigenvalue weighted by atomic mass is 32.2. The van der Waals surface area contributed by atoms with Crippen LogP contribution in [-0.4, -0.2) is 45.5 Å². The van der Waals surface area contributed by atoms with Crippen LogP contribution in [-0.2, 0) is 11.2 Å². The average Bonchev–Trinajstić information content (AvgIpc) is 3.39. The molecule has 2 aromatic carbocycles. The lowest BCUT2D eigenvalue weighted by Gasteiger charge is -2.02. The highest BCUT2D eigenvalue weighted by Crippen LogP contribution is 2.24. The van der Waals surface area contributed by atoms with E-state index in [2.05, 4.69) is 25.5 Å². The minimum atomic E-state index is -0.102. The maximum Gasteiger partial charge on any atom is 0.277 e. The van der Waals surface area contributed by atoms with Gasteiger partial charge in [0, 0.05) is 18.5 Å². The molecule has 4 rings (SSSR count). The van der Waals surface area contributed by atoms with Crippen molar-refractivity contribution in [1.29, 1.82) is 0 Å². The average molecular weight is 409 g/mol. The molecule has 2 aromatic heterocycles. The van der Waals surface area contributed by atoms with Crippen LogP contribution >= 0.6 is 11.8 Å². The number of benzene rings is 2. The Labute approximate surface area is 171 Å². The van der Waals surface area contributed by atoms with Gasteiger partial charge in [0.1, 0.15) is 11.6 Å². The number of nitrogens with zero attached hydrogens (tertiary/aromatic N) is 3. The molecule has 0 fully saturated rings. The van der Waals surface area contributed by atoms with Gasteiger partial charge in [-0.05, 0) is 36.4 Å². The van der Waals surface area contributed by atoms with E-state index in [1.807, 2.05) is 48.5 Å². The number of thioether (sulfide) groups is 1. The fourth-order valence-electron chi connectivity index (χ4n) is 2.74. The van der Waals surface area contributed by atoms with Crippen LogP contribution in [0.3, 0.4) is 0 Å². The van der Waals surface area contributed by atoms with Crippen LogP contribution in [0.15, 0.2) is 58.2 Å². The van der Waals surface area contributed by atoms with Crippen molar-refractivity contribution in [1.82, 2.24) is 25.5 Å². The molecule has 4 aromatic rings. The second-order valence-electron chi connectivity index (χ2n) is 6.19. The van der Waals surface area contributed by atoms with Gasteiger partial charge in [-0.3, -0.25) is 4.79 Å². The van der Waals surface area contributed by atoms with E-state index in [1.165, 1.54) is 11.8 Å². The topological polar surface area (TPSA) is 106 Å². The smallest absolute Gasteiger partial charge is 0.277 e. The molecule has 2 N–H and O–H groups in total. The molecule has 0 saturated carbocycles. The largest absolute Gasteiger partial charge is 0.497 e. The van der Waals surface area contributed by atoms with E-state index in [0.717, 1.165) is 28.2 Å². The number of carbonyl (C=O) groups is 1. The molecule has 0 radical (unpaired) electrons. The minimum absolute atomic E-state index is 0.102. The Balaban J connectivity index is 1.23. The third kappa shape index (κ3) is 4.75. The summed E-state index contributed by atoms with van der Waals surface area (Å²) >= 11 is 1.20. The molecule has 1 amide bonds. The lowest BCUT2D eigenvalue weighted by molar-refractivity contribution is -0.118. The number of hydrogen-bond donors (Lipinski definition) is 2. The molecule has 0 saturated heterocycles. The lowest BCUT2D eigenvalue weighted by Crippen LogP contribution is -2.27. The van der Waals surface area contributed by atoms with Crippen molar-refractivity contribution in [2.75, 3.05) is 19.4 Å². The first-order chi connectivity index (χ1) is 14.2. The Morgan fingerprint density at radius 3 is 2.79 bits per heavy atom. The van der Waals surface area contributed by atoms with Gasteiger partial charge >= 0.3 is 0 Å². The van der Waals surface area contributed by atoms with Gasteiger partial charge in [-0.1, -0.05) is 23.9 Å². The third-order valence-corrected chi connectivity index (χ3v) is 5.01. The van der Waals surface area contributed by atoms with Crippen LogP contribution in [0.5, 0.6) is 5.75 Å². The van der Waals surface area contributed by atoms with Crippen LogP contribution in [0.25, 0.3) is 22.5 Å². The number of ether oxygens (including phenoxy) is 1. The summed E-state index contributed by atoms with van der Waals surface area (Å²) in [6, 6.07) is 15.2. The number of amides is 1. The molecule has 9 heteroatoms. The normalized spacial score (nSPS) is 10.9. The van der Waals surface area contributed by atoms with Crippen LogP contribution in [0, 0.1) is 0 Å². The Morgan fingerprint density at radius 1 is 1.17 bits per heavy atom. The Kier molecular flexibility index (Phi) is 5.76. The zero-order chi connectivity index (χ0) is 20.1. The van der Waals surface area contributed by atoms with E-state index in [-0.39, 0.29) is 11.7 Å². The van der Waals surface area contributed by atoms with Crippen molar-refractivity contribution < 1.29 is 13.9 Å². The first kappa shape index (κ1) is 19.0. The number of aromatic amines is 1. The Hall–Kier alpha value is -3.33. The number of aromatic nitrogens is 4. The molecule has 0 aliphatic carbocycles. The zero-order valence-electron chi connectivity index (χ0n) is 15.7. The molecular weight excluding hydrogens is 390 g/mol. The van der Waals surface area contributed by atoms with E-state index in [0.29, 0.717) is 24.1 Å². The van der Waals surface area contributed by atoms with Crippen LogP contribution in [0.1, 0.15) is 5.82 Å². The van der Waals surface area contributed by atoms with Crippen LogP contribution in [0.4, 0.5) is 0 Å². The summed E-state index contributed by atoms with van der Waals surface area (Å²) in [4.78, 5) is 19.8. The number of H-pyrrole nitrogens is 1. The molecule has 2 heterocycles. The minimum Gasteiger partial charge on any atom is -0.497 e. The molecule has 0 bridgehead atoms. The highest BCUT2D eigenvalue weighted by molar-refractivity contribution is 7.99. The van der Waals surface area contributed by atoms with E-state index in [4.69, 9.17) is 9.15 Å². The number of nitrogens with one attached hydrogen (secondary N) is 2. The van der Waals surface area contributed by atoms with Crippen LogP contribution in [0.2, 0.25) is 0 Å². The molecule has 0 atom stereocenters. The number of fused-ring (bicyclic) bond motifs is 1. The third-order valence-electron chi connectivity index (χ3n) is 4.19. The van der Waals surface area contributed by atoms with Gasteiger partial charge in [0.25, 0.3) is 5.22 Å². The maximum absolute atomic E-state index is 12.1. The van der Waals surface area contributed by atoms with Crippen molar-refractivity contribution in [2.45, 2.75) is 11.6 Å². The number of hydrogen-bond acceptors (Lipinski definition) is 7. The summed E-state index contributed by atoms with van der Waals surface area (Å²) in [5, 5.41) is 11.2. The predicted molar refractivity (Wildman–Crippen MR) is 110 cm³/mol. The summed E-state index contributed by atoms with van der Waals surface area (Å²) in [5.41, 5.74) is 2.71. The van der Waals surface area contributed by atoms with Gasteiger partial charge in [0.2, 0.25) is 11.8 Å². The fraction of sp³-hybridized carbons (Fsp3) is 0.200. The van der Waals surface area contributed by atoms with E-state index in [1.54, 1.807) is 7.11 Å². The van der Waals surface area contributed by atoms with E-state index in [9.17, 15) is 4.79 Å². The van der Waals surface area contributed by atoms with Crippen molar-refractivity contribution in [3.63, 3.8) is 0 Å². The Bertz CT molecular complexity index is 1070. The SMILES string of the molecule is COc1ccc(-c2nnc(SCC(=O)NCCc3nc4ccccc4[nH]3)o2)cc1. The zero-order valence-corrected chi connectivity index (χ0v) is 16.5. The van der Waals surface area contributed by atoms with Crippen molar-refractivity contribution in [2.24, 2.45) is 0 Å². The number of imidazole rings is 1. The molecular formula is C20H19N5O3S. The summed E-state index contributed by atoms with van der Waals surface area (Å²) in [7, 11) is 1.61. The fourth-order valence-corrected chi connectivity index (χ4v) is 3.33. The van der Waals surface area contributed by atoms with Gasteiger partial charge < -0.3 is 19.5 Å². The van der Waals surface area contributed by atoms with Crippen molar-refractivity contribution >= 4 is 28.7 Å². The number of rotatable bonds is 8. The van der Waals surface area contributed by atoms with Gasteiger partial charge in [0.05, 0.1) is 23.9 Å². The summed E-state index contributed by atoms with van der Waals surface area (Å²) in [5.74, 6) is 2.10. The molecule has 148 valence electrons. The van der Waals surface area contributed by atoms with E-state index < -0.39 is 0 Å². The van der Waals surface area contributed by atoms with Crippen molar-refractivity contribution in [3.05, 3.63) is 54.4 Å². The first-order valence-corrected chi connectivity index (χ1v) is 10.0. The molecule has 0 unspecified atom stereocenters. The monoisotopic (exact) mass is 409 g/mol. The lowest BCUT2D eigenvalue weighted by atomic mass is 10.2. The second kappa shape index (κ2) is 8.78. The standard InChI is InChI=1S/C20H19N5O3S/c1-27-14-8-6-13(7-9-14)19-24-25-20(28-19)29-12-18(26)21-11-10-17-22-15-4-2-3-5-16(15)23-17/h2-9H,10-12H2,1H3,(H,21,26)(H,22,23). The number of methoxy groups -OCH3 is 1. The molecule has 0 aliphatic heterocycles. The maximum atomic E-state index is 12.1.